The summed E-state index contributed by atoms with van der Waals surface area (Å²) in [5, 5.41) is 3.80. The molecule has 4 rings (SSSR count). The Kier molecular flexibility index (Phi) is 3.46. The number of ether oxygens (including phenoxy) is 1. The first-order valence-electron chi connectivity index (χ1n) is 7.09. The fraction of sp³-hybridized carbons (Fsp3) is 0.429. The molecule has 2 fully saturated rings. The van der Waals surface area contributed by atoms with Crippen LogP contribution in [0.3, 0.4) is 0 Å². The van der Waals surface area contributed by atoms with Crippen molar-refractivity contribution < 1.29 is 17.5 Å². The lowest BCUT2D eigenvalue weighted by molar-refractivity contribution is -0.0148. The van der Waals surface area contributed by atoms with E-state index in [1.54, 1.807) is 12.1 Å². The van der Waals surface area contributed by atoms with Gasteiger partial charge in [-0.05, 0) is 29.7 Å². The van der Waals surface area contributed by atoms with Gasteiger partial charge in [0.05, 0.1) is 18.8 Å². The summed E-state index contributed by atoms with van der Waals surface area (Å²) < 4.78 is 47.4. The number of halogens is 1. The Morgan fingerprint density at radius 2 is 2.18 bits per heavy atom. The molecule has 118 valence electrons. The first-order valence-corrected chi connectivity index (χ1v) is 9.34. The predicted molar refractivity (Wildman–Crippen MR) is 82.1 cm³/mol. The van der Waals surface area contributed by atoms with Crippen LogP contribution in [-0.2, 0) is 14.8 Å². The molecule has 2 atom stereocenters. The normalized spacial score (nSPS) is 26.4. The van der Waals surface area contributed by atoms with Crippen molar-refractivity contribution in [3.05, 3.63) is 30.1 Å². The Hall–Kier alpha value is -1.06. The van der Waals surface area contributed by atoms with Gasteiger partial charge in [0.15, 0.2) is 0 Å². The summed E-state index contributed by atoms with van der Waals surface area (Å²) in [4.78, 5) is 0. The summed E-state index contributed by atoms with van der Waals surface area (Å²) in [6, 6.07) is 5.73. The SMILES string of the molecule is O=S(=O)(c1cc2cc(F)ccc2s1)N1CCO[C@@H]2CNC[C@@H]21. The molecular formula is C14H15FN2O3S2. The molecule has 1 N–H and O–H groups in total. The van der Waals surface area contributed by atoms with Crippen molar-refractivity contribution in [3.63, 3.8) is 0 Å². The van der Waals surface area contributed by atoms with Crippen molar-refractivity contribution in [2.75, 3.05) is 26.2 Å². The Balaban J connectivity index is 1.75. The van der Waals surface area contributed by atoms with Gasteiger partial charge in [-0.3, -0.25) is 0 Å². The minimum absolute atomic E-state index is 0.0876. The highest BCUT2D eigenvalue weighted by molar-refractivity contribution is 7.91. The molecule has 2 aromatic rings. The standard InChI is InChI=1S/C14H15FN2O3S2/c15-10-1-2-13-9(5-10)6-14(21-13)22(18,19)17-3-4-20-12-8-16-7-11(12)17/h1-2,5-6,11-12,16H,3-4,7-8H2/t11-,12+/m0/s1. The molecule has 1 aromatic heterocycles. The quantitative estimate of drug-likeness (QED) is 0.896. The highest BCUT2D eigenvalue weighted by Crippen LogP contribution is 2.33. The molecular weight excluding hydrogens is 327 g/mol. The van der Waals surface area contributed by atoms with E-state index >= 15 is 0 Å². The lowest BCUT2D eigenvalue weighted by Crippen LogP contribution is -2.52. The molecule has 1 aromatic carbocycles. The highest BCUT2D eigenvalue weighted by Gasteiger charge is 2.42. The average Bonchev–Trinajstić information content (AvgIpc) is 3.12. The zero-order chi connectivity index (χ0) is 15.3. The zero-order valence-electron chi connectivity index (χ0n) is 11.7. The van der Waals surface area contributed by atoms with Crippen LogP contribution in [0.5, 0.6) is 0 Å². The molecule has 8 heteroatoms. The molecule has 0 unspecified atom stereocenters. The molecule has 0 radical (unpaired) electrons. The van der Waals surface area contributed by atoms with Crippen LogP contribution in [0.1, 0.15) is 0 Å². The third kappa shape index (κ3) is 2.26. The third-order valence-electron chi connectivity index (χ3n) is 4.16. The van der Waals surface area contributed by atoms with Gasteiger partial charge in [-0.15, -0.1) is 11.3 Å². The molecule has 0 bridgehead atoms. The molecule has 2 saturated heterocycles. The van der Waals surface area contributed by atoms with Crippen LogP contribution in [0, 0.1) is 5.82 Å². The number of nitrogens with one attached hydrogen (secondary N) is 1. The number of hydrogen-bond donors (Lipinski definition) is 1. The number of benzene rings is 1. The van der Waals surface area contributed by atoms with Crippen LogP contribution in [0.2, 0.25) is 0 Å². The Morgan fingerprint density at radius 3 is 3.05 bits per heavy atom. The molecule has 0 saturated carbocycles. The van der Waals surface area contributed by atoms with Crippen molar-refractivity contribution in [1.82, 2.24) is 9.62 Å². The van der Waals surface area contributed by atoms with E-state index in [-0.39, 0.29) is 22.2 Å². The lowest BCUT2D eigenvalue weighted by Gasteiger charge is -2.35. The van der Waals surface area contributed by atoms with Gasteiger partial charge in [0.25, 0.3) is 10.0 Å². The number of morpholine rings is 1. The molecule has 3 heterocycles. The van der Waals surface area contributed by atoms with Gasteiger partial charge >= 0.3 is 0 Å². The Bertz CT molecular complexity index is 821. The van der Waals surface area contributed by atoms with Gasteiger partial charge in [-0.25, -0.2) is 12.8 Å². The first kappa shape index (κ1) is 14.5. The van der Waals surface area contributed by atoms with Gasteiger partial charge < -0.3 is 10.1 Å². The first-order chi connectivity index (χ1) is 10.6. The largest absolute Gasteiger partial charge is 0.374 e. The number of sulfonamides is 1. The van der Waals surface area contributed by atoms with Crippen LogP contribution in [-0.4, -0.2) is 51.1 Å². The van der Waals surface area contributed by atoms with Crippen molar-refractivity contribution in [1.29, 1.82) is 0 Å². The lowest BCUT2D eigenvalue weighted by atomic mass is 10.2. The van der Waals surface area contributed by atoms with Crippen LogP contribution in [0.15, 0.2) is 28.5 Å². The van der Waals surface area contributed by atoms with Gasteiger partial charge in [0.2, 0.25) is 0 Å². The monoisotopic (exact) mass is 342 g/mol. The topological polar surface area (TPSA) is 58.6 Å². The molecule has 0 spiro atoms. The number of rotatable bonds is 2. The minimum Gasteiger partial charge on any atom is -0.374 e. The van der Waals surface area contributed by atoms with Gasteiger partial charge in [0, 0.05) is 24.3 Å². The number of hydrogen-bond acceptors (Lipinski definition) is 5. The van der Waals surface area contributed by atoms with Gasteiger partial charge in [-0.2, -0.15) is 4.31 Å². The van der Waals surface area contributed by atoms with Crippen LogP contribution in [0.4, 0.5) is 4.39 Å². The van der Waals surface area contributed by atoms with E-state index in [4.69, 9.17) is 4.74 Å². The summed E-state index contributed by atoms with van der Waals surface area (Å²) in [5.41, 5.74) is 0. The van der Waals surface area contributed by atoms with Gasteiger partial charge in [0.1, 0.15) is 10.0 Å². The van der Waals surface area contributed by atoms with E-state index < -0.39 is 10.0 Å². The fourth-order valence-electron chi connectivity index (χ4n) is 3.09. The van der Waals surface area contributed by atoms with Crippen LogP contribution in [0.25, 0.3) is 10.1 Å². The second-order valence-electron chi connectivity index (χ2n) is 5.50. The van der Waals surface area contributed by atoms with Crippen LogP contribution >= 0.6 is 11.3 Å². The number of fused-ring (bicyclic) bond motifs is 2. The van der Waals surface area contributed by atoms with Gasteiger partial charge in [-0.1, -0.05) is 0 Å². The zero-order valence-corrected chi connectivity index (χ0v) is 13.3. The van der Waals surface area contributed by atoms with Crippen molar-refractivity contribution in [2.24, 2.45) is 0 Å². The van der Waals surface area contributed by atoms with Crippen LogP contribution < -0.4 is 5.32 Å². The molecule has 0 amide bonds. The molecule has 0 aliphatic carbocycles. The maximum atomic E-state index is 13.3. The smallest absolute Gasteiger partial charge is 0.253 e. The van der Waals surface area contributed by atoms with Crippen molar-refractivity contribution in [3.8, 4) is 0 Å². The summed E-state index contributed by atoms with van der Waals surface area (Å²) in [6.45, 7) is 2.03. The predicted octanol–water partition coefficient (Wildman–Crippen LogP) is 1.40. The summed E-state index contributed by atoms with van der Waals surface area (Å²) in [6.07, 6.45) is -0.0876. The fourth-order valence-corrected chi connectivity index (χ4v) is 6.23. The van der Waals surface area contributed by atoms with E-state index in [0.717, 1.165) is 4.70 Å². The second-order valence-corrected chi connectivity index (χ2v) is 8.70. The summed E-state index contributed by atoms with van der Waals surface area (Å²) >= 11 is 1.18. The molecule has 22 heavy (non-hydrogen) atoms. The minimum atomic E-state index is -3.58. The summed E-state index contributed by atoms with van der Waals surface area (Å²) in [7, 11) is -3.58. The van der Waals surface area contributed by atoms with E-state index in [2.05, 4.69) is 5.32 Å². The second kappa shape index (κ2) is 5.24. The van der Waals surface area contributed by atoms with E-state index in [9.17, 15) is 12.8 Å². The maximum absolute atomic E-state index is 13.3. The van der Waals surface area contributed by atoms with Crippen molar-refractivity contribution in [2.45, 2.75) is 16.4 Å². The maximum Gasteiger partial charge on any atom is 0.253 e. The third-order valence-corrected chi connectivity index (χ3v) is 7.65. The van der Waals surface area contributed by atoms with E-state index in [0.29, 0.717) is 31.6 Å². The van der Waals surface area contributed by atoms with E-state index in [1.165, 1.54) is 27.8 Å². The Labute approximate surface area is 131 Å². The Morgan fingerprint density at radius 1 is 1.32 bits per heavy atom. The number of nitrogens with zero attached hydrogens (tertiary/aromatic N) is 1. The molecule has 2 aliphatic heterocycles. The molecule has 5 nitrogen and oxygen atoms in total. The number of thiophene rings is 1. The van der Waals surface area contributed by atoms with E-state index in [1.807, 2.05) is 0 Å². The summed E-state index contributed by atoms with van der Waals surface area (Å²) in [5.74, 6) is -0.360. The molecule has 2 aliphatic rings. The highest BCUT2D eigenvalue weighted by atomic mass is 32.2. The van der Waals surface area contributed by atoms with Crippen molar-refractivity contribution >= 4 is 31.4 Å². The average molecular weight is 342 g/mol.